The molecule has 0 aliphatic carbocycles. The molecule has 0 saturated heterocycles. The summed E-state index contributed by atoms with van der Waals surface area (Å²) in [5.74, 6) is 0.155. The molecule has 0 N–H and O–H groups in total. The average molecular weight is 370 g/mol. The van der Waals surface area contributed by atoms with Gasteiger partial charge in [-0.05, 0) is 52.7 Å². The number of benzene rings is 2. The van der Waals surface area contributed by atoms with E-state index in [2.05, 4.69) is 31.9 Å². The minimum Gasteiger partial charge on any atom is -0.422 e. The fourth-order valence-corrected chi connectivity index (χ4v) is 2.47. The summed E-state index contributed by atoms with van der Waals surface area (Å²) in [4.78, 5) is 11.9. The predicted octanol–water partition coefficient (Wildman–Crippen LogP) is 4.74. The highest BCUT2D eigenvalue weighted by Gasteiger charge is 2.12. The number of esters is 1. The molecule has 0 spiro atoms. The summed E-state index contributed by atoms with van der Waals surface area (Å²) in [6.45, 7) is 1.94. The van der Waals surface area contributed by atoms with Crippen molar-refractivity contribution in [3.8, 4) is 5.75 Å². The van der Waals surface area contributed by atoms with E-state index in [1.807, 2.05) is 19.1 Å². The molecule has 2 aromatic rings. The van der Waals surface area contributed by atoms with E-state index in [4.69, 9.17) is 4.74 Å². The van der Waals surface area contributed by atoms with Crippen LogP contribution >= 0.6 is 31.9 Å². The average Bonchev–Trinajstić information content (AvgIpc) is 2.40. The Hall–Kier alpha value is -1.13. The van der Waals surface area contributed by atoms with Crippen LogP contribution in [0.3, 0.4) is 0 Å². The molecule has 0 bridgehead atoms. The van der Waals surface area contributed by atoms with Crippen LogP contribution in [0.25, 0.3) is 0 Å². The Morgan fingerprint density at radius 1 is 1.06 bits per heavy atom. The largest absolute Gasteiger partial charge is 0.422 e. The first-order chi connectivity index (χ1) is 8.59. The molecule has 0 unspecified atom stereocenters. The zero-order chi connectivity index (χ0) is 13.1. The standard InChI is InChI=1S/C14H10Br2O2/c1-9-11(15)7-8-12(13(9)16)18-14(17)10-5-3-2-4-6-10/h2-8H,1H3. The van der Waals surface area contributed by atoms with Crippen LogP contribution in [0, 0.1) is 6.92 Å². The second-order valence-electron chi connectivity index (χ2n) is 3.74. The van der Waals surface area contributed by atoms with Gasteiger partial charge in [-0.1, -0.05) is 34.1 Å². The van der Waals surface area contributed by atoms with Crippen LogP contribution in [0.15, 0.2) is 51.4 Å². The third-order valence-corrected chi connectivity index (χ3v) is 4.34. The van der Waals surface area contributed by atoms with Gasteiger partial charge in [0.05, 0.1) is 10.0 Å². The normalized spacial score (nSPS) is 10.2. The maximum atomic E-state index is 11.9. The van der Waals surface area contributed by atoms with Crippen molar-refractivity contribution in [2.45, 2.75) is 6.92 Å². The molecule has 0 fully saturated rings. The van der Waals surface area contributed by atoms with Crippen LogP contribution < -0.4 is 4.74 Å². The second-order valence-corrected chi connectivity index (χ2v) is 5.39. The Morgan fingerprint density at radius 2 is 1.72 bits per heavy atom. The number of hydrogen-bond acceptors (Lipinski definition) is 2. The number of ether oxygens (including phenoxy) is 1. The van der Waals surface area contributed by atoms with E-state index in [0.29, 0.717) is 11.3 Å². The van der Waals surface area contributed by atoms with Crippen LogP contribution in [0.2, 0.25) is 0 Å². The second kappa shape index (κ2) is 5.67. The zero-order valence-electron chi connectivity index (χ0n) is 9.61. The van der Waals surface area contributed by atoms with Gasteiger partial charge < -0.3 is 4.74 Å². The van der Waals surface area contributed by atoms with E-state index in [0.717, 1.165) is 14.5 Å². The van der Waals surface area contributed by atoms with Crippen molar-refractivity contribution in [2.24, 2.45) is 0 Å². The highest BCUT2D eigenvalue weighted by atomic mass is 79.9. The molecule has 18 heavy (non-hydrogen) atoms. The van der Waals surface area contributed by atoms with Gasteiger partial charge in [-0.15, -0.1) is 0 Å². The summed E-state index contributed by atoms with van der Waals surface area (Å²) in [5.41, 5.74) is 1.53. The Bertz CT molecular complexity index is 580. The first-order valence-corrected chi connectivity index (χ1v) is 6.90. The number of rotatable bonds is 2. The third kappa shape index (κ3) is 2.82. The molecule has 0 aromatic heterocycles. The Morgan fingerprint density at radius 3 is 2.39 bits per heavy atom. The lowest BCUT2D eigenvalue weighted by molar-refractivity contribution is 0.0733. The predicted molar refractivity (Wildman–Crippen MR) is 78.0 cm³/mol. The van der Waals surface area contributed by atoms with Gasteiger partial charge in [0.15, 0.2) is 0 Å². The lowest BCUT2D eigenvalue weighted by Gasteiger charge is -2.09. The Labute approximate surface area is 122 Å². The van der Waals surface area contributed by atoms with Gasteiger partial charge in [-0.25, -0.2) is 4.79 Å². The first-order valence-electron chi connectivity index (χ1n) is 5.31. The quantitative estimate of drug-likeness (QED) is 0.564. The molecule has 0 saturated carbocycles. The number of carbonyl (C=O) groups excluding carboxylic acids is 1. The molecular formula is C14H10Br2O2. The topological polar surface area (TPSA) is 26.3 Å². The van der Waals surface area contributed by atoms with Gasteiger partial charge in [-0.2, -0.15) is 0 Å². The molecule has 0 aliphatic rings. The summed E-state index contributed by atoms with van der Waals surface area (Å²) >= 11 is 6.85. The molecule has 4 heteroatoms. The summed E-state index contributed by atoms with van der Waals surface area (Å²) in [6, 6.07) is 12.5. The van der Waals surface area contributed by atoms with Crippen molar-refractivity contribution in [1.29, 1.82) is 0 Å². The summed E-state index contributed by atoms with van der Waals surface area (Å²) in [5, 5.41) is 0. The van der Waals surface area contributed by atoms with Crippen molar-refractivity contribution in [2.75, 3.05) is 0 Å². The molecule has 0 heterocycles. The molecule has 0 aliphatic heterocycles. The number of hydrogen-bond donors (Lipinski definition) is 0. The minimum absolute atomic E-state index is 0.363. The van der Waals surface area contributed by atoms with Gasteiger partial charge in [0, 0.05) is 4.47 Å². The zero-order valence-corrected chi connectivity index (χ0v) is 12.8. The fraction of sp³-hybridized carbons (Fsp3) is 0.0714. The van der Waals surface area contributed by atoms with E-state index in [1.54, 1.807) is 30.3 Å². The smallest absolute Gasteiger partial charge is 0.343 e. The van der Waals surface area contributed by atoms with Crippen molar-refractivity contribution in [1.82, 2.24) is 0 Å². The first kappa shape index (κ1) is 13.3. The Balaban J connectivity index is 2.26. The van der Waals surface area contributed by atoms with Crippen molar-refractivity contribution in [3.05, 3.63) is 62.5 Å². The van der Waals surface area contributed by atoms with E-state index in [1.165, 1.54) is 0 Å². The van der Waals surface area contributed by atoms with E-state index in [-0.39, 0.29) is 5.97 Å². The van der Waals surface area contributed by atoms with E-state index < -0.39 is 0 Å². The van der Waals surface area contributed by atoms with Gasteiger partial charge in [-0.3, -0.25) is 0 Å². The maximum Gasteiger partial charge on any atom is 0.343 e. The van der Waals surface area contributed by atoms with E-state index >= 15 is 0 Å². The highest BCUT2D eigenvalue weighted by molar-refractivity contribution is 9.11. The van der Waals surface area contributed by atoms with Crippen LogP contribution in [0.5, 0.6) is 5.75 Å². The summed E-state index contributed by atoms with van der Waals surface area (Å²) in [7, 11) is 0. The minimum atomic E-state index is -0.363. The monoisotopic (exact) mass is 368 g/mol. The SMILES string of the molecule is Cc1c(Br)ccc(OC(=O)c2ccccc2)c1Br. The van der Waals surface area contributed by atoms with E-state index in [9.17, 15) is 4.79 Å². The molecule has 92 valence electrons. The van der Waals surface area contributed by atoms with Gasteiger partial charge in [0.25, 0.3) is 0 Å². The van der Waals surface area contributed by atoms with Gasteiger partial charge in [0.1, 0.15) is 5.75 Å². The maximum absolute atomic E-state index is 11.9. The van der Waals surface area contributed by atoms with Crippen LogP contribution in [0.4, 0.5) is 0 Å². The Kier molecular flexibility index (Phi) is 4.19. The number of carbonyl (C=O) groups is 1. The lowest BCUT2D eigenvalue weighted by Crippen LogP contribution is -2.08. The molecule has 0 amide bonds. The van der Waals surface area contributed by atoms with Gasteiger partial charge in [0.2, 0.25) is 0 Å². The third-order valence-electron chi connectivity index (χ3n) is 2.50. The van der Waals surface area contributed by atoms with Gasteiger partial charge >= 0.3 is 5.97 Å². The number of halogens is 2. The van der Waals surface area contributed by atoms with Crippen molar-refractivity contribution >= 4 is 37.8 Å². The molecule has 2 aromatic carbocycles. The fourth-order valence-electron chi connectivity index (χ4n) is 1.45. The van der Waals surface area contributed by atoms with Crippen molar-refractivity contribution in [3.63, 3.8) is 0 Å². The van der Waals surface area contributed by atoms with Crippen molar-refractivity contribution < 1.29 is 9.53 Å². The van der Waals surface area contributed by atoms with Crippen LogP contribution in [0.1, 0.15) is 15.9 Å². The van der Waals surface area contributed by atoms with Crippen LogP contribution in [-0.4, -0.2) is 5.97 Å². The highest BCUT2D eigenvalue weighted by Crippen LogP contribution is 2.33. The molecule has 2 rings (SSSR count). The molecule has 2 nitrogen and oxygen atoms in total. The lowest BCUT2D eigenvalue weighted by atomic mass is 10.2. The summed E-state index contributed by atoms with van der Waals surface area (Å²) in [6.07, 6.45) is 0. The van der Waals surface area contributed by atoms with Crippen LogP contribution in [-0.2, 0) is 0 Å². The summed E-state index contributed by atoms with van der Waals surface area (Å²) < 4.78 is 7.11. The molecule has 0 radical (unpaired) electrons. The molecule has 0 atom stereocenters. The molecular weight excluding hydrogens is 360 g/mol.